The van der Waals surface area contributed by atoms with Crippen molar-refractivity contribution in [2.45, 2.75) is 26.3 Å². The first-order valence-electron chi connectivity index (χ1n) is 4.87. The van der Waals surface area contributed by atoms with Gasteiger partial charge in [-0.2, -0.15) is 0 Å². The van der Waals surface area contributed by atoms with E-state index < -0.39 is 17.5 Å². The summed E-state index contributed by atoms with van der Waals surface area (Å²) < 4.78 is 38.5. The molecule has 0 fully saturated rings. The third kappa shape index (κ3) is 3.55. The second-order valence-corrected chi connectivity index (χ2v) is 3.72. The molecule has 1 rings (SSSR count). The molecule has 1 nitrogen and oxygen atoms in total. The zero-order valence-electron chi connectivity index (χ0n) is 8.78. The standard InChI is InChI=1S/C11H14F3N/c1-7(2)15-4-3-8-5-10(13)11(14)6-9(8)12/h5-7,15H,3-4H2,1-2H3. The van der Waals surface area contributed by atoms with Crippen LogP contribution in [0.15, 0.2) is 12.1 Å². The van der Waals surface area contributed by atoms with Gasteiger partial charge < -0.3 is 5.32 Å². The first-order chi connectivity index (χ1) is 7.00. The minimum absolute atomic E-state index is 0.196. The minimum Gasteiger partial charge on any atom is -0.314 e. The van der Waals surface area contributed by atoms with Crippen molar-refractivity contribution in [3.63, 3.8) is 0 Å². The van der Waals surface area contributed by atoms with Gasteiger partial charge in [0.2, 0.25) is 0 Å². The van der Waals surface area contributed by atoms with Gasteiger partial charge in [-0.05, 0) is 24.6 Å². The van der Waals surface area contributed by atoms with Gasteiger partial charge in [0.15, 0.2) is 11.6 Å². The summed E-state index contributed by atoms with van der Waals surface area (Å²) in [5.74, 6) is -2.84. The molecule has 0 atom stereocenters. The lowest BCUT2D eigenvalue weighted by Crippen LogP contribution is -2.25. The Hall–Kier alpha value is -1.03. The molecule has 15 heavy (non-hydrogen) atoms. The third-order valence-electron chi connectivity index (χ3n) is 2.04. The van der Waals surface area contributed by atoms with Gasteiger partial charge >= 0.3 is 0 Å². The van der Waals surface area contributed by atoms with Crippen molar-refractivity contribution in [3.05, 3.63) is 35.1 Å². The fourth-order valence-electron chi connectivity index (χ4n) is 1.25. The molecule has 0 spiro atoms. The Morgan fingerprint density at radius 1 is 1.07 bits per heavy atom. The highest BCUT2D eigenvalue weighted by molar-refractivity contribution is 5.20. The van der Waals surface area contributed by atoms with Gasteiger partial charge in [0.1, 0.15) is 5.82 Å². The molecule has 0 aliphatic rings. The van der Waals surface area contributed by atoms with Crippen LogP contribution < -0.4 is 5.32 Å². The Morgan fingerprint density at radius 3 is 2.27 bits per heavy atom. The summed E-state index contributed by atoms with van der Waals surface area (Å²) in [6, 6.07) is 1.78. The summed E-state index contributed by atoms with van der Waals surface area (Å²) in [7, 11) is 0. The van der Waals surface area contributed by atoms with E-state index in [1.807, 2.05) is 13.8 Å². The zero-order valence-corrected chi connectivity index (χ0v) is 8.78. The quantitative estimate of drug-likeness (QED) is 0.764. The van der Waals surface area contributed by atoms with E-state index in [4.69, 9.17) is 0 Å². The smallest absolute Gasteiger partial charge is 0.161 e. The first kappa shape index (κ1) is 12.0. The van der Waals surface area contributed by atoms with Gasteiger partial charge in [0, 0.05) is 12.1 Å². The average molecular weight is 217 g/mol. The Kier molecular flexibility index (Phi) is 4.15. The zero-order chi connectivity index (χ0) is 11.4. The Bertz CT molecular complexity index is 337. The highest BCUT2D eigenvalue weighted by Gasteiger charge is 2.09. The Labute approximate surface area is 87.3 Å². The molecule has 4 heteroatoms. The molecule has 0 bridgehead atoms. The van der Waals surface area contributed by atoms with Crippen molar-refractivity contribution in [1.29, 1.82) is 0 Å². The molecule has 0 aliphatic carbocycles. The highest BCUT2D eigenvalue weighted by atomic mass is 19.2. The molecule has 1 aromatic carbocycles. The molecule has 0 radical (unpaired) electrons. The minimum atomic E-state index is -1.15. The molecule has 0 saturated carbocycles. The predicted molar refractivity (Wildman–Crippen MR) is 53.2 cm³/mol. The fourth-order valence-corrected chi connectivity index (χ4v) is 1.25. The van der Waals surface area contributed by atoms with Crippen LogP contribution in [0.4, 0.5) is 13.2 Å². The SMILES string of the molecule is CC(C)NCCc1cc(F)c(F)cc1F. The lowest BCUT2D eigenvalue weighted by atomic mass is 10.1. The van der Waals surface area contributed by atoms with E-state index >= 15 is 0 Å². The molecular weight excluding hydrogens is 203 g/mol. The van der Waals surface area contributed by atoms with Gasteiger partial charge in [-0.15, -0.1) is 0 Å². The number of nitrogens with one attached hydrogen (secondary N) is 1. The van der Waals surface area contributed by atoms with E-state index in [1.54, 1.807) is 0 Å². The molecule has 0 aliphatic heterocycles. The number of hydrogen-bond donors (Lipinski definition) is 1. The Balaban J connectivity index is 2.65. The monoisotopic (exact) mass is 217 g/mol. The van der Waals surface area contributed by atoms with Crippen molar-refractivity contribution in [3.8, 4) is 0 Å². The van der Waals surface area contributed by atoms with Gasteiger partial charge in [0.05, 0.1) is 0 Å². The first-order valence-corrected chi connectivity index (χ1v) is 4.87. The Morgan fingerprint density at radius 2 is 1.67 bits per heavy atom. The maximum atomic E-state index is 13.1. The van der Waals surface area contributed by atoms with Crippen LogP contribution in [-0.4, -0.2) is 12.6 Å². The second-order valence-electron chi connectivity index (χ2n) is 3.72. The average Bonchev–Trinajstić information content (AvgIpc) is 2.13. The molecular formula is C11H14F3N. The summed E-state index contributed by atoms with van der Waals surface area (Å²) in [5, 5.41) is 3.07. The van der Waals surface area contributed by atoms with E-state index in [2.05, 4.69) is 5.32 Å². The predicted octanol–water partition coefficient (Wildman–Crippen LogP) is 2.64. The van der Waals surface area contributed by atoms with Gasteiger partial charge in [0.25, 0.3) is 0 Å². The summed E-state index contributed by atoms with van der Waals surface area (Å²) in [4.78, 5) is 0. The molecule has 84 valence electrons. The molecule has 0 amide bonds. The molecule has 0 heterocycles. The maximum absolute atomic E-state index is 13.1. The van der Waals surface area contributed by atoms with Crippen LogP contribution in [0, 0.1) is 17.5 Å². The summed E-state index contributed by atoms with van der Waals surface area (Å²) in [5.41, 5.74) is 0.196. The van der Waals surface area contributed by atoms with Crippen LogP contribution in [0.25, 0.3) is 0 Å². The van der Waals surface area contributed by atoms with Crippen LogP contribution in [0.5, 0.6) is 0 Å². The maximum Gasteiger partial charge on any atom is 0.161 e. The largest absolute Gasteiger partial charge is 0.314 e. The van der Waals surface area contributed by atoms with E-state index in [0.29, 0.717) is 25.1 Å². The topological polar surface area (TPSA) is 12.0 Å². The number of halogens is 3. The van der Waals surface area contributed by atoms with E-state index in [0.717, 1.165) is 6.07 Å². The number of rotatable bonds is 4. The molecule has 1 aromatic rings. The highest BCUT2D eigenvalue weighted by Crippen LogP contribution is 2.13. The lowest BCUT2D eigenvalue weighted by molar-refractivity contribution is 0.487. The van der Waals surface area contributed by atoms with Crippen LogP contribution in [-0.2, 0) is 6.42 Å². The summed E-state index contributed by atoms with van der Waals surface area (Å²) >= 11 is 0. The van der Waals surface area contributed by atoms with Crippen molar-refractivity contribution in [1.82, 2.24) is 5.32 Å². The fraction of sp³-hybridized carbons (Fsp3) is 0.455. The van der Waals surface area contributed by atoms with E-state index in [1.165, 1.54) is 0 Å². The molecule has 0 unspecified atom stereocenters. The van der Waals surface area contributed by atoms with Crippen molar-refractivity contribution in [2.75, 3.05) is 6.54 Å². The van der Waals surface area contributed by atoms with E-state index in [-0.39, 0.29) is 5.56 Å². The lowest BCUT2D eigenvalue weighted by Gasteiger charge is -2.08. The summed E-state index contributed by atoms with van der Waals surface area (Å²) in [6.07, 6.45) is 0.348. The molecule has 0 saturated heterocycles. The van der Waals surface area contributed by atoms with Gasteiger partial charge in [-0.3, -0.25) is 0 Å². The molecule has 0 aromatic heterocycles. The van der Waals surface area contributed by atoms with E-state index in [9.17, 15) is 13.2 Å². The van der Waals surface area contributed by atoms with Crippen molar-refractivity contribution < 1.29 is 13.2 Å². The summed E-state index contributed by atoms with van der Waals surface area (Å²) in [6.45, 7) is 4.46. The van der Waals surface area contributed by atoms with Crippen LogP contribution in [0.3, 0.4) is 0 Å². The normalized spacial score (nSPS) is 11.1. The van der Waals surface area contributed by atoms with Crippen LogP contribution in [0.2, 0.25) is 0 Å². The van der Waals surface area contributed by atoms with Crippen LogP contribution in [0.1, 0.15) is 19.4 Å². The van der Waals surface area contributed by atoms with Crippen molar-refractivity contribution in [2.24, 2.45) is 0 Å². The second kappa shape index (κ2) is 5.16. The van der Waals surface area contributed by atoms with Gasteiger partial charge in [-0.1, -0.05) is 13.8 Å². The van der Waals surface area contributed by atoms with Crippen molar-refractivity contribution >= 4 is 0 Å². The third-order valence-corrected chi connectivity index (χ3v) is 2.04. The number of hydrogen-bond acceptors (Lipinski definition) is 1. The van der Waals surface area contributed by atoms with Gasteiger partial charge in [-0.25, -0.2) is 13.2 Å². The van der Waals surface area contributed by atoms with Crippen LogP contribution >= 0.6 is 0 Å². The molecule has 1 N–H and O–H groups in total. The number of benzene rings is 1.